The van der Waals surface area contributed by atoms with Crippen molar-refractivity contribution in [3.63, 3.8) is 0 Å². The minimum absolute atomic E-state index is 0.0307. The molecule has 0 spiro atoms. The molecule has 0 saturated carbocycles. The molecule has 0 aromatic carbocycles. The SMILES string of the molecule is CCCCCCCCC=CCC(CC=CCCCCCCCC)(CC=CCCCCCCCC)CCCCCC(=O)OC[C@@H](O)C1OCC(O)C1O. The molecule has 0 aromatic rings. The number of ether oxygens (including phenoxy) is 2. The fraction of sp³-hybridized carbons (Fsp3) is 0.848. The van der Waals surface area contributed by atoms with Gasteiger partial charge in [-0.1, -0.05) is 166 Å². The molecule has 52 heavy (non-hydrogen) atoms. The molecule has 304 valence electrons. The van der Waals surface area contributed by atoms with Crippen LogP contribution >= 0.6 is 0 Å². The van der Waals surface area contributed by atoms with Crippen molar-refractivity contribution >= 4 is 5.97 Å². The number of unbranched alkanes of at least 4 members (excludes halogenated alkanes) is 20. The number of aliphatic hydroxyl groups is 3. The van der Waals surface area contributed by atoms with Crippen molar-refractivity contribution in [1.82, 2.24) is 0 Å². The van der Waals surface area contributed by atoms with Crippen LogP contribution in [-0.4, -0.2) is 58.9 Å². The fourth-order valence-corrected chi connectivity index (χ4v) is 7.29. The Morgan fingerprint density at radius 2 is 1.06 bits per heavy atom. The number of esters is 1. The van der Waals surface area contributed by atoms with E-state index in [1.165, 1.54) is 135 Å². The van der Waals surface area contributed by atoms with Crippen molar-refractivity contribution < 1.29 is 29.6 Å². The Labute approximate surface area is 321 Å². The van der Waals surface area contributed by atoms with Gasteiger partial charge < -0.3 is 24.8 Å². The third-order valence-corrected chi connectivity index (χ3v) is 10.9. The Hall–Kier alpha value is -1.47. The number of hydrogen-bond donors (Lipinski definition) is 3. The Balaban J connectivity index is 2.76. The molecule has 3 N–H and O–H groups in total. The predicted octanol–water partition coefficient (Wildman–Crippen LogP) is 12.0. The highest BCUT2D eigenvalue weighted by molar-refractivity contribution is 5.69. The summed E-state index contributed by atoms with van der Waals surface area (Å²) in [5.41, 5.74) is 0.185. The number of carbonyl (C=O) groups excluding carboxylic acids is 1. The molecule has 1 heterocycles. The molecule has 0 amide bonds. The minimum atomic E-state index is -1.17. The third-order valence-electron chi connectivity index (χ3n) is 10.9. The minimum Gasteiger partial charge on any atom is -0.463 e. The zero-order chi connectivity index (χ0) is 38.0. The maximum Gasteiger partial charge on any atom is 0.305 e. The van der Waals surface area contributed by atoms with Gasteiger partial charge in [0.05, 0.1) is 6.61 Å². The number of hydrogen-bond acceptors (Lipinski definition) is 6. The van der Waals surface area contributed by atoms with E-state index in [0.717, 1.165) is 44.9 Å². The Morgan fingerprint density at radius 1 is 0.635 bits per heavy atom. The Kier molecular flexibility index (Phi) is 31.8. The van der Waals surface area contributed by atoms with E-state index < -0.39 is 24.4 Å². The van der Waals surface area contributed by atoms with Gasteiger partial charge in [0.2, 0.25) is 0 Å². The quantitative estimate of drug-likeness (QED) is 0.0337. The van der Waals surface area contributed by atoms with E-state index in [-0.39, 0.29) is 24.6 Å². The van der Waals surface area contributed by atoms with Crippen molar-refractivity contribution in [3.8, 4) is 0 Å². The number of carbonyl (C=O) groups is 1. The standard InChI is InChI=1S/C46H84O6/c1-4-7-10-13-16-19-22-25-30-35-46(36-31-26-23-20-17-14-11-8-5-2,37-32-27-24-21-18-15-12-9-6-3)38-33-28-29-34-43(49)51-40-42(48)45-44(50)41(47)39-52-45/h25-27,30-32,41-42,44-45,47-48,50H,4-24,28-29,33-40H2,1-3H3/t41?,42-,44?,45?,46?/m1/s1. The second-order valence-corrected chi connectivity index (χ2v) is 15.9. The van der Waals surface area contributed by atoms with Gasteiger partial charge in [-0.3, -0.25) is 4.79 Å². The van der Waals surface area contributed by atoms with Crippen LogP contribution in [0.3, 0.4) is 0 Å². The second kappa shape index (κ2) is 34.1. The lowest BCUT2D eigenvalue weighted by Gasteiger charge is -2.31. The fourth-order valence-electron chi connectivity index (χ4n) is 7.29. The predicted molar refractivity (Wildman–Crippen MR) is 219 cm³/mol. The van der Waals surface area contributed by atoms with Crippen molar-refractivity contribution in [3.05, 3.63) is 36.5 Å². The average molecular weight is 733 g/mol. The summed E-state index contributed by atoms with van der Waals surface area (Å²) in [6.45, 7) is 6.56. The zero-order valence-corrected chi connectivity index (χ0v) is 34.3. The lowest BCUT2D eigenvalue weighted by Crippen LogP contribution is -2.41. The molecule has 0 radical (unpaired) electrons. The molecule has 0 aromatic heterocycles. The first-order chi connectivity index (χ1) is 25.4. The molecule has 6 heteroatoms. The summed E-state index contributed by atoms with van der Waals surface area (Å²) in [6, 6.07) is 0. The molecule has 1 fully saturated rings. The van der Waals surface area contributed by atoms with Gasteiger partial charge in [-0.05, 0) is 76.0 Å². The summed E-state index contributed by atoms with van der Waals surface area (Å²) in [4.78, 5) is 12.5. The summed E-state index contributed by atoms with van der Waals surface area (Å²) in [5.74, 6) is -0.341. The number of rotatable bonds is 36. The maximum atomic E-state index is 12.5. The summed E-state index contributed by atoms with van der Waals surface area (Å²) >= 11 is 0. The summed E-state index contributed by atoms with van der Waals surface area (Å²) in [7, 11) is 0. The van der Waals surface area contributed by atoms with Gasteiger partial charge in [-0.15, -0.1) is 0 Å². The van der Waals surface area contributed by atoms with Crippen LogP contribution in [0.25, 0.3) is 0 Å². The molecule has 0 bridgehead atoms. The maximum absolute atomic E-state index is 12.5. The lowest BCUT2D eigenvalue weighted by molar-refractivity contribution is -0.151. The molecule has 4 atom stereocenters. The first kappa shape index (κ1) is 48.5. The Morgan fingerprint density at radius 3 is 1.48 bits per heavy atom. The number of allylic oxidation sites excluding steroid dienone is 6. The highest BCUT2D eigenvalue weighted by Crippen LogP contribution is 2.39. The average Bonchev–Trinajstić information content (AvgIpc) is 3.48. The highest BCUT2D eigenvalue weighted by Gasteiger charge is 2.39. The van der Waals surface area contributed by atoms with Crippen LogP contribution in [0.2, 0.25) is 0 Å². The number of aliphatic hydroxyl groups excluding tert-OH is 3. The van der Waals surface area contributed by atoms with Crippen molar-refractivity contribution in [2.24, 2.45) is 5.41 Å². The van der Waals surface area contributed by atoms with Crippen LogP contribution in [0, 0.1) is 5.41 Å². The monoisotopic (exact) mass is 733 g/mol. The van der Waals surface area contributed by atoms with E-state index in [4.69, 9.17) is 9.47 Å². The lowest BCUT2D eigenvalue weighted by atomic mass is 9.73. The zero-order valence-electron chi connectivity index (χ0n) is 34.3. The van der Waals surface area contributed by atoms with E-state index in [1.54, 1.807) is 0 Å². The molecular formula is C46H84O6. The molecule has 1 aliphatic heterocycles. The van der Waals surface area contributed by atoms with Gasteiger partial charge in [-0.25, -0.2) is 0 Å². The topological polar surface area (TPSA) is 96.2 Å². The molecule has 1 aliphatic rings. The van der Waals surface area contributed by atoms with Gasteiger partial charge in [0.25, 0.3) is 0 Å². The largest absolute Gasteiger partial charge is 0.463 e. The van der Waals surface area contributed by atoms with Crippen LogP contribution in [0.15, 0.2) is 36.5 Å². The van der Waals surface area contributed by atoms with E-state index in [0.29, 0.717) is 6.42 Å². The first-order valence-corrected chi connectivity index (χ1v) is 22.2. The van der Waals surface area contributed by atoms with Crippen LogP contribution < -0.4 is 0 Å². The van der Waals surface area contributed by atoms with Gasteiger partial charge in [0, 0.05) is 6.42 Å². The molecule has 6 nitrogen and oxygen atoms in total. The molecule has 3 unspecified atom stereocenters. The molecule has 1 saturated heterocycles. The highest BCUT2D eigenvalue weighted by atomic mass is 16.6. The smallest absolute Gasteiger partial charge is 0.305 e. The second-order valence-electron chi connectivity index (χ2n) is 15.9. The van der Waals surface area contributed by atoms with Gasteiger partial charge in [0.15, 0.2) is 0 Å². The van der Waals surface area contributed by atoms with E-state index in [1.807, 2.05) is 0 Å². The summed E-state index contributed by atoms with van der Waals surface area (Å²) in [6.07, 6.45) is 45.4. The normalized spacial score (nSPS) is 19.7. The Bertz CT molecular complexity index is 828. The van der Waals surface area contributed by atoms with E-state index in [9.17, 15) is 20.1 Å². The first-order valence-electron chi connectivity index (χ1n) is 22.2. The van der Waals surface area contributed by atoms with Crippen molar-refractivity contribution in [2.75, 3.05) is 13.2 Å². The van der Waals surface area contributed by atoms with Gasteiger partial charge in [-0.2, -0.15) is 0 Å². The molecule has 1 rings (SSSR count). The van der Waals surface area contributed by atoms with Crippen molar-refractivity contribution in [2.45, 2.75) is 231 Å². The summed E-state index contributed by atoms with van der Waals surface area (Å²) < 4.78 is 10.6. The van der Waals surface area contributed by atoms with Gasteiger partial charge in [0.1, 0.15) is 31.0 Å². The summed E-state index contributed by atoms with van der Waals surface area (Å²) in [5, 5.41) is 29.9. The molecular weight excluding hydrogens is 649 g/mol. The van der Waals surface area contributed by atoms with Crippen LogP contribution in [0.1, 0.15) is 207 Å². The van der Waals surface area contributed by atoms with Crippen molar-refractivity contribution in [1.29, 1.82) is 0 Å². The third kappa shape index (κ3) is 25.5. The van der Waals surface area contributed by atoms with Crippen LogP contribution in [0.4, 0.5) is 0 Å². The van der Waals surface area contributed by atoms with Crippen LogP contribution in [0.5, 0.6) is 0 Å². The van der Waals surface area contributed by atoms with E-state index >= 15 is 0 Å². The van der Waals surface area contributed by atoms with Gasteiger partial charge >= 0.3 is 5.97 Å². The van der Waals surface area contributed by atoms with Crippen LogP contribution in [-0.2, 0) is 14.3 Å². The molecule has 0 aliphatic carbocycles. The van der Waals surface area contributed by atoms with E-state index in [2.05, 4.69) is 57.2 Å².